The molecule has 1 aromatic carbocycles. The number of hydrogen-bond donors (Lipinski definition) is 1. The number of rotatable bonds is 5. The van der Waals surface area contributed by atoms with E-state index < -0.39 is 5.82 Å². The SMILES string of the molecule is CN(C)[C@H](CNC(=O)c1cc(F)cc(Br)c1)c1ccsc1. The highest BCUT2D eigenvalue weighted by Gasteiger charge is 2.16. The lowest BCUT2D eigenvalue weighted by molar-refractivity contribution is 0.0941. The summed E-state index contributed by atoms with van der Waals surface area (Å²) in [5, 5.41) is 6.94. The number of amides is 1. The van der Waals surface area contributed by atoms with E-state index in [0.29, 0.717) is 16.6 Å². The van der Waals surface area contributed by atoms with Crippen LogP contribution >= 0.6 is 27.3 Å². The normalized spacial score (nSPS) is 12.4. The number of halogens is 2. The molecule has 0 saturated carbocycles. The van der Waals surface area contributed by atoms with E-state index in [9.17, 15) is 9.18 Å². The smallest absolute Gasteiger partial charge is 0.251 e. The van der Waals surface area contributed by atoms with E-state index >= 15 is 0 Å². The average Bonchev–Trinajstić information content (AvgIpc) is 2.91. The quantitative estimate of drug-likeness (QED) is 0.870. The minimum atomic E-state index is -0.434. The fraction of sp³-hybridized carbons (Fsp3) is 0.267. The Labute approximate surface area is 135 Å². The lowest BCUT2D eigenvalue weighted by Gasteiger charge is -2.24. The number of nitrogens with zero attached hydrogens (tertiary/aromatic N) is 1. The van der Waals surface area contributed by atoms with Crippen LogP contribution < -0.4 is 5.32 Å². The number of thiophene rings is 1. The van der Waals surface area contributed by atoms with Crippen LogP contribution in [0.25, 0.3) is 0 Å². The predicted molar refractivity (Wildman–Crippen MR) is 87.2 cm³/mol. The monoisotopic (exact) mass is 370 g/mol. The molecule has 0 bridgehead atoms. The Morgan fingerprint density at radius 1 is 1.43 bits per heavy atom. The molecule has 1 aromatic heterocycles. The molecule has 2 aromatic rings. The molecule has 0 aliphatic heterocycles. The Morgan fingerprint density at radius 3 is 2.76 bits per heavy atom. The molecular weight excluding hydrogens is 355 g/mol. The van der Waals surface area contributed by atoms with Crippen LogP contribution in [0, 0.1) is 5.82 Å². The molecule has 1 N–H and O–H groups in total. The fourth-order valence-electron chi connectivity index (χ4n) is 2.04. The molecule has 0 spiro atoms. The summed E-state index contributed by atoms with van der Waals surface area (Å²) in [4.78, 5) is 14.2. The van der Waals surface area contributed by atoms with Crippen molar-refractivity contribution in [3.8, 4) is 0 Å². The standard InChI is InChI=1S/C15H16BrFN2OS/c1-19(2)14(10-3-4-21-9-10)8-18-15(20)11-5-12(16)7-13(17)6-11/h3-7,9,14H,8H2,1-2H3,(H,18,20)/t14-/m1/s1. The second kappa shape index (κ2) is 7.15. The summed E-state index contributed by atoms with van der Waals surface area (Å²) in [5.41, 5.74) is 1.47. The Balaban J connectivity index is 2.05. The lowest BCUT2D eigenvalue weighted by atomic mass is 10.1. The zero-order valence-corrected chi connectivity index (χ0v) is 14.2. The van der Waals surface area contributed by atoms with E-state index in [2.05, 4.69) is 26.6 Å². The minimum Gasteiger partial charge on any atom is -0.350 e. The zero-order chi connectivity index (χ0) is 15.4. The first-order chi connectivity index (χ1) is 9.97. The van der Waals surface area contributed by atoms with Gasteiger partial charge in [0.25, 0.3) is 5.91 Å². The highest BCUT2D eigenvalue weighted by Crippen LogP contribution is 2.20. The molecule has 1 heterocycles. The van der Waals surface area contributed by atoms with Crippen molar-refractivity contribution < 1.29 is 9.18 Å². The molecule has 1 amide bonds. The molecule has 6 heteroatoms. The van der Waals surface area contributed by atoms with Crippen LogP contribution in [0.5, 0.6) is 0 Å². The van der Waals surface area contributed by atoms with Crippen molar-refractivity contribution in [3.63, 3.8) is 0 Å². The molecule has 21 heavy (non-hydrogen) atoms. The maximum atomic E-state index is 13.3. The summed E-state index contributed by atoms with van der Waals surface area (Å²) in [6.07, 6.45) is 0. The van der Waals surface area contributed by atoms with Crippen molar-refractivity contribution in [1.82, 2.24) is 10.2 Å². The third-order valence-electron chi connectivity index (χ3n) is 3.13. The Hall–Kier alpha value is -1.24. The molecule has 3 nitrogen and oxygen atoms in total. The highest BCUT2D eigenvalue weighted by atomic mass is 79.9. The number of benzene rings is 1. The first-order valence-corrected chi connectivity index (χ1v) is 8.14. The molecule has 0 aliphatic carbocycles. The first kappa shape index (κ1) is 16.1. The van der Waals surface area contributed by atoms with Crippen LogP contribution in [0.1, 0.15) is 22.0 Å². The van der Waals surface area contributed by atoms with Crippen LogP contribution in [-0.2, 0) is 0 Å². The molecule has 0 radical (unpaired) electrons. The largest absolute Gasteiger partial charge is 0.350 e. The number of likely N-dealkylation sites (N-methyl/N-ethyl adjacent to an activating group) is 1. The molecule has 0 saturated heterocycles. The summed E-state index contributed by atoms with van der Waals surface area (Å²) < 4.78 is 13.9. The fourth-order valence-corrected chi connectivity index (χ4v) is 3.21. The van der Waals surface area contributed by atoms with E-state index in [0.717, 1.165) is 5.56 Å². The van der Waals surface area contributed by atoms with Crippen molar-refractivity contribution in [2.45, 2.75) is 6.04 Å². The molecule has 2 rings (SSSR count). The van der Waals surface area contributed by atoms with Crippen molar-refractivity contribution in [2.75, 3.05) is 20.6 Å². The van der Waals surface area contributed by atoms with Gasteiger partial charge < -0.3 is 10.2 Å². The second-order valence-electron chi connectivity index (χ2n) is 4.90. The minimum absolute atomic E-state index is 0.0946. The third-order valence-corrected chi connectivity index (χ3v) is 4.29. The molecule has 112 valence electrons. The lowest BCUT2D eigenvalue weighted by Crippen LogP contribution is -2.34. The van der Waals surface area contributed by atoms with Gasteiger partial charge in [0.2, 0.25) is 0 Å². The zero-order valence-electron chi connectivity index (χ0n) is 11.8. The number of carbonyl (C=O) groups is 1. The van der Waals surface area contributed by atoms with Crippen molar-refractivity contribution >= 4 is 33.2 Å². The first-order valence-electron chi connectivity index (χ1n) is 6.40. The summed E-state index contributed by atoms with van der Waals surface area (Å²) in [7, 11) is 3.93. The van der Waals surface area contributed by atoms with E-state index in [1.54, 1.807) is 17.4 Å². The number of nitrogens with one attached hydrogen (secondary N) is 1. The van der Waals surface area contributed by atoms with Gasteiger partial charge in [-0.2, -0.15) is 11.3 Å². The van der Waals surface area contributed by atoms with Gasteiger partial charge in [0, 0.05) is 16.6 Å². The predicted octanol–water partition coefficient (Wildman–Crippen LogP) is 3.68. The van der Waals surface area contributed by atoms with Gasteiger partial charge in [-0.15, -0.1) is 0 Å². The maximum Gasteiger partial charge on any atom is 0.251 e. The van der Waals surface area contributed by atoms with Crippen molar-refractivity contribution in [2.24, 2.45) is 0 Å². The van der Waals surface area contributed by atoms with Crippen LogP contribution in [0.2, 0.25) is 0 Å². The van der Waals surface area contributed by atoms with Crippen molar-refractivity contribution in [3.05, 3.63) is 56.4 Å². The highest BCUT2D eigenvalue weighted by molar-refractivity contribution is 9.10. The van der Waals surface area contributed by atoms with Gasteiger partial charge >= 0.3 is 0 Å². The Kier molecular flexibility index (Phi) is 5.50. The maximum absolute atomic E-state index is 13.3. The van der Waals surface area contributed by atoms with Crippen LogP contribution in [0.4, 0.5) is 4.39 Å². The molecule has 1 atom stereocenters. The van der Waals surface area contributed by atoms with Crippen LogP contribution in [0.15, 0.2) is 39.5 Å². The Morgan fingerprint density at radius 2 is 2.19 bits per heavy atom. The second-order valence-corrected chi connectivity index (χ2v) is 6.60. The summed E-state index contributed by atoms with van der Waals surface area (Å²) in [5.74, 6) is -0.714. The molecular formula is C15H16BrFN2OS. The number of hydrogen-bond acceptors (Lipinski definition) is 3. The van der Waals surface area contributed by atoms with Gasteiger partial charge in [0.1, 0.15) is 5.82 Å². The summed E-state index contributed by atoms with van der Waals surface area (Å²) in [6, 6.07) is 6.30. The molecule has 0 fully saturated rings. The molecule has 0 aliphatic rings. The van der Waals surface area contributed by atoms with E-state index in [1.807, 2.05) is 30.4 Å². The molecule has 0 unspecified atom stereocenters. The van der Waals surface area contributed by atoms with E-state index in [1.165, 1.54) is 12.1 Å². The van der Waals surface area contributed by atoms with Gasteiger partial charge in [-0.1, -0.05) is 15.9 Å². The Bertz CT molecular complexity index is 596. The van der Waals surface area contributed by atoms with Crippen LogP contribution in [-0.4, -0.2) is 31.4 Å². The van der Waals surface area contributed by atoms with Gasteiger partial charge in [-0.05, 0) is 54.7 Å². The third kappa shape index (κ3) is 4.36. The van der Waals surface area contributed by atoms with Crippen LogP contribution in [0.3, 0.4) is 0 Å². The van der Waals surface area contributed by atoms with Gasteiger partial charge in [0.15, 0.2) is 0 Å². The van der Waals surface area contributed by atoms with E-state index in [4.69, 9.17) is 0 Å². The topological polar surface area (TPSA) is 32.3 Å². The summed E-state index contributed by atoms with van der Waals surface area (Å²) >= 11 is 4.81. The number of carbonyl (C=O) groups excluding carboxylic acids is 1. The van der Waals surface area contributed by atoms with Gasteiger partial charge in [-0.3, -0.25) is 4.79 Å². The van der Waals surface area contributed by atoms with E-state index in [-0.39, 0.29) is 11.9 Å². The van der Waals surface area contributed by atoms with Gasteiger partial charge in [-0.25, -0.2) is 4.39 Å². The van der Waals surface area contributed by atoms with Crippen molar-refractivity contribution in [1.29, 1.82) is 0 Å². The average molecular weight is 371 g/mol. The summed E-state index contributed by atoms with van der Waals surface area (Å²) in [6.45, 7) is 0.469. The van der Waals surface area contributed by atoms with Gasteiger partial charge in [0.05, 0.1) is 6.04 Å².